The van der Waals surface area contributed by atoms with E-state index >= 15 is 0 Å². The standard InChI is InChI=1S/C21H22N2O4/c1-15-12-20(26)23(14-19(25)17-10-6-3-7-11-17)21(27)22(15)13-18(24)16-8-4-2-5-9-16/h2-12,18-19,24-25H,13-14H2,1H3. The van der Waals surface area contributed by atoms with E-state index in [1.54, 1.807) is 43.3 Å². The summed E-state index contributed by atoms with van der Waals surface area (Å²) in [5.41, 5.74) is 0.749. The van der Waals surface area contributed by atoms with Gasteiger partial charge in [-0.25, -0.2) is 4.79 Å². The molecule has 140 valence electrons. The summed E-state index contributed by atoms with van der Waals surface area (Å²) in [5.74, 6) is 0. The monoisotopic (exact) mass is 366 g/mol. The minimum atomic E-state index is -0.980. The van der Waals surface area contributed by atoms with Crippen LogP contribution in [0, 0.1) is 6.92 Å². The van der Waals surface area contributed by atoms with E-state index in [2.05, 4.69) is 0 Å². The quantitative estimate of drug-likeness (QED) is 0.697. The molecule has 0 aliphatic carbocycles. The molecule has 0 spiro atoms. The van der Waals surface area contributed by atoms with Gasteiger partial charge in [0.2, 0.25) is 0 Å². The fourth-order valence-electron chi connectivity index (χ4n) is 3.02. The van der Waals surface area contributed by atoms with E-state index in [1.165, 1.54) is 10.6 Å². The summed E-state index contributed by atoms with van der Waals surface area (Å²) in [6.45, 7) is 1.53. The summed E-state index contributed by atoms with van der Waals surface area (Å²) in [7, 11) is 0. The van der Waals surface area contributed by atoms with Gasteiger partial charge in [-0.2, -0.15) is 0 Å². The summed E-state index contributed by atoms with van der Waals surface area (Å²) in [4.78, 5) is 25.2. The third-order valence-electron chi connectivity index (χ3n) is 4.57. The first-order valence-electron chi connectivity index (χ1n) is 8.74. The average molecular weight is 366 g/mol. The predicted octanol–water partition coefficient (Wildman–Crippen LogP) is 1.79. The van der Waals surface area contributed by atoms with Crippen LogP contribution in [-0.2, 0) is 13.1 Å². The maximum Gasteiger partial charge on any atom is 0.331 e. The van der Waals surface area contributed by atoms with Gasteiger partial charge in [0.25, 0.3) is 5.56 Å². The molecule has 2 N–H and O–H groups in total. The third-order valence-corrected chi connectivity index (χ3v) is 4.57. The Kier molecular flexibility index (Phi) is 5.69. The smallest absolute Gasteiger partial charge is 0.331 e. The molecule has 2 unspecified atom stereocenters. The molecule has 0 radical (unpaired) electrons. The lowest BCUT2D eigenvalue weighted by Gasteiger charge is -2.18. The molecule has 0 saturated heterocycles. The maximum absolute atomic E-state index is 12.8. The van der Waals surface area contributed by atoms with Crippen LogP contribution in [0.4, 0.5) is 0 Å². The maximum atomic E-state index is 12.8. The van der Waals surface area contributed by atoms with Gasteiger partial charge in [-0.3, -0.25) is 13.9 Å². The lowest BCUT2D eigenvalue weighted by molar-refractivity contribution is 0.143. The normalized spacial score (nSPS) is 13.3. The first-order valence-corrected chi connectivity index (χ1v) is 8.74. The van der Waals surface area contributed by atoms with Crippen LogP contribution in [0.1, 0.15) is 29.0 Å². The van der Waals surface area contributed by atoms with Crippen molar-refractivity contribution in [3.05, 3.63) is 104 Å². The number of hydrogen-bond acceptors (Lipinski definition) is 4. The van der Waals surface area contributed by atoms with Crippen molar-refractivity contribution in [3.63, 3.8) is 0 Å². The van der Waals surface area contributed by atoms with Crippen molar-refractivity contribution >= 4 is 0 Å². The van der Waals surface area contributed by atoms with Gasteiger partial charge in [-0.15, -0.1) is 0 Å². The molecular weight excluding hydrogens is 344 g/mol. The molecule has 2 atom stereocenters. The van der Waals surface area contributed by atoms with Gasteiger partial charge in [0.05, 0.1) is 25.3 Å². The van der Waals surface area contributed by atoms with Crippen LogP contribution in [0.3, 0.4) is 0 Å². The Bertz CT molecular complexity index is 1010. The highest BCUT2D eigenvalue weighted by Gasteiger charge is 2.17. The number of hydrogen-bond donors (Lipinski definition) is 2. The van der Waals surface area contributed by atoms with Crippen molar-refractivity contribution in [2.45, 2.75) is 32.2 Å². The molecule has 27 heavy (non-hydrogen) atoms. The minimum absolute atomic E-state index is 0.0242. The zero-order valence-electron chi connectivity index (χ0n) is 15.0. The van der Waals surface area contributed by atoms with Crippen LogP contribution in [0.5, 0.6) is 0 Å². The first-order chi connectivity index (χ1) is 13.0. The Morgan fingerprint density at radius 3 is 1.70 bits per heavy atom. The van der Waals surface area contributed by atoms with Crippen LogP contribution in [0.2, 0.25) is 0 Å². The highest BCUT2D eigenvalue weighted by molar-refractivity contribution is 5.18. The molecule has 6 nitrogen and oxygen atoms in total. The molecule has 3 rings (SSSR count). The molecule has 3 aromatic rings. The third kappa shape index (κ3) is 4.24. The number of rotatable bonds is 6. The SMILES string of the molecule is Cc1cc(=O)n(CC(O)c2ccccc2)c(=O)n1CC(O)c1ccccc1. The summed E-state index contributed by atoms with van der Waals surface area (Å²) in [6, 6.07) is 19.2. The van der Waals surface area contributed by atoms with Crippen molar-refractivity contribution < 1.29 is 10.2 Å². The fraction of sp³-hybridized carbons (Fsp3) is 0.238. The van der Waals surface area contributed by atoms with Gasteiger partial charge in [0.15, 0.2) is 0 Å². The predicted molar refractivity (Wildman–Crippen MR) is 103 cm³/mol. The van der Waals surface area contributed by atoms with Crippen LogP contribution in [0.15, 0.2) is 76.3 Å². The van der Waals surface area contributed by atoms with E-state index in [0.29, 0.717) is 16.8 Å². The molecule has 0 amide bonds. The van der Waals surface area contributed by atoms with E-state index in [9.17, 15) is 19.8 Å². The van der Waals surface area contributed by atoms with E-state index in [0.717, 1.165) is 4.57 Å². The molecular formula is C21H22N2O4. The Hall–Kier alpha value is -2.96. The molecule has 6 heteroatoms. The van der Waals surface area contributed by atoms with Crippen molar-refractivity contribution in [2.75, 3.05) is 0 Å². The number of aryl methyl sites for hydroxylation is 1. The van der Waals surface area contributed by atoms with Gasteiger partial charge < -0.3 is 10.2 Å². The number of aliphatic hydroxyl groups excluding tert-OH is 2. The zero-order chi connectivity index (χ0) is 19.4. The largest absolute Gasteiger partial charge is 0.387 e. The zero-order valence-corrected chi connectivity index (χ0v) is 15.0. The molecule has 2 aromatic carbocycles. The van der Waals surface area contributed by atoms with Crippen LogP contribution < -0.4 is 11.2 Å². The lowest BCUT2D eigenvalue weighted by atomic mass is 10.1. The minimum Gasteiger partial charge on any atom is -0.387 e. The number of aromatic nitrogens is 2. The van der Waals surface area contributed by atoms with E-state index in [1.807, 2.05) is 24.3 Å². The summed E-state index contributed by atoms with van der Waals surface area (Å²) in [5, 5.41) is 20.8. The van der Waals surface area contributed by atoms with Gasteiger partial charge in [0, 0.05) is 11.8 Å². The average Bonchev–Trinajstić information content (AvgIpc) is 2.69. The van der Waals surface area contributed by atoms with E-state index in [-0.39, 0.29) is 13.1 Å². The number of benzene rings is 2. The van der Waals surface area contributed by atoms with Crippen molar-refractivity contribution in [2.24, 2.45) is 0 Å². The van der Waals surface area contributed by atoms with Crippen LogP contribution in [-0.4, -0.2) is 19.3 Å². The fourth-order valence-corrected chi connectivity index (χ4v) is 3.02. The van der Waals surface area contributed by atoms with Gasteiger partial charge in [-0.05, 0) is 18.1 Å². The Morgan fingerprint density at radius 1 is 0.778 bits per heavy atom. The Morgan fingerprint density at radius 2 is 1.22 bits per heavy atom. The summed E-state index contributed by atoms with van der Waals surface area (Å²) in [6.07, 6.45) is -1.86. The molecule has 0 aliphatic rings. The second kappa shape index (κ2) is 8.16. The number of nitrogens with zero attached hydrogens (tertiary/aromatic N) is 2. The van der Waals surface area contributed by atoms with Gasteiger partial charge in [-0.1, -0.05) is 60.7 Å². The van der Waals surface area contributed by atoms with Gasteiger partial charge >= 0.3 is 5.69 Å². The molecule has 0 bridgehead atoms. The molecule has 1 heterocycles. The van der Waals surface area contributed by atoms with E-state index < -0.39 is 23.5 Å². The van der Waals surface area contributed by atoms with Crippen molar-refractivity contribution in [1.82, 2.24) is 9.13 Å². The Balaban J connectivity index is 1.91. The number of aliphatic hydroxyl groups is 2. The molecule has 1 aromatic heterocycles. The summed E-state index contributed by atoms with van der Waals surface area (Å²) >= 11 is 0. The Labute approximate surface area is 156 Å². The van der Waals surface area contributed by atoms with Gasteiger partial charge in [0.1, 0.15) is 0 Å². The van der Waals surface area contributed by atoms with E-state index in [4.69, 9.17) is 0 Å². The van der Waals surface area contributed by atoms with Crippen molar-refractivity contribution in [1.29, 1.82) is 0 Å². The lowest BCUT2D eigenvalue weighted by Crippen LogP contribution is -2.42. The highest BCUT2D eigenvalue weighted by Crippen LogP contribution is 2.15. The topological polar surface area (TPSA) is 84.5 Å². The highest BCUT2D eigenvalue weighted by atomic mass is 16.3. The summed E-state index contributed by atoms with van der Waals surface area (Å²) < 4.78 is 2.36. The van der Waals surface area contributed by atoms with Crippen molar-refractivity contribution in [3.8, 4) is 0 Å². The van der Waals surface area contributed by atoms with Crippen LogP contribution in [0.25, 0.3) is 0 Å². The van der Waals surface area contributed by atoms with Crippen LogP contribution >= 0.6 is 0 Å². The second-order valence-electron chi connectivity index (χ2n) is 6.48. The molecule has 0 saturated carbocycles. The first kappa shape index (κ1) is 18.8. The molecule has 0 fully saturated rings. The molecule has 0 aliphatic heterocycles. The second-order valence-corrected chi connectivity index (χ2v) is 6.48.